The summed E-state index contributed by atoms with van der Waals surface area (Å²) >= 11 is 1.35. The number of aliphatic carboxylic acids is 1. The first-order chi connectivity index (χ1) is 11.4. The van der Waals surface area contributed by atoms with Gasteiger partial charge in [0.1, 0.15) is 5.82 Å². The number of rotatable bonds is 4. The molecule has 1 aromatic carbocycles. The third-order valence-electron chi connectivity index (χ3n) is 4.06. The van der Waals surface area contributed by atoms with Crippen molar-refractivity contribution >= 4 is 23.2 Å². The monoisotopic (exact) mass is 349 g/mol. The van der Waals surface area contributed by atoms with Crippen LogP contribution in [0.3, 0.4) is 0 Å². The van der Waals surface area contributed by atoms with Gasteiger partial charge >= 0.3 is 5.97 Å². The van der Waals surface area contributed by atoms with Gasteiger partial charge in [-0.2, -0.15) is 0 Å². The molecule has 7 heteroatoms. The first kappa shape index (κ1) is 16.6. The van der Waals surface area contributed by atoms with E-state index in [2.05, 4.69) is 5.32 Å². The van der Waals surface area contributed by atoms with E-state index >= 15 is 0 Å². The standard InChI is InChI=1S/C17H16FNO4S/c1-17(16(21)22,11-2-4-12(18)5-3-11)19-15(20)14-8-10-9-23-7-6-13(10)24-14/h2-5,8H,6-7,9H2,1H3,(H,19,20)(H,21,22)/t17-/m0/s1. The van der Waals surface area contributed by atoms with Gasteiger partial charge in [0.05, 0.1) is 18.1 Å². The summed E-state index contributed by atoms with van der Waals surface area (Å²) < 4.78 is 18.4. The first-order valence-electron chi connectivity index (χ1n) is 7.41. The molecule has 5 nitrogen and oxygen atoms in total. The van der Waals surface area contributed by atoms with Crippen LogP contribution < -0.4 is 5.32 Å². The Morgan fingerprint density at radius 3 is 2.67 bits per heavy atom. The normalized spacial score (nSPS) is 16.1. The average molecular weight is 349 g/mol. The van der Waals surface area contributed by atoms with Gasteiger partial charge in [-0.25, -0.2) is 9.18 Å². The molecule has 1 aliphatic heterocycles. The van der Waals surface area contributed by atoms with Crippen LogP contribution in [0, 0.1) is 5.82 Å². The largest absolute Gasteiger partial charge is 0.479 e. The smallest absolute Gasteiger partial charge is 0.333 e. The second-order valence-electron chi connectivity index (χ2n) is 5.75. The zero-order valence-corrected chi connectivity index (χ0v) is 13.8. The summed E-state index contributed by atoms with van der Waals surface area (Å²) in [6.07, 6.45) is 0.751. The van der Waals surface area contributed by atoms with Crippen molar-refractivity contribution in [3.05, 3.63) is 57.0 Å². The number of carboxylic acid groups (broad SMARTS) is 1. The molecule has 126 valence electrons. The van der Waals surface area contributed by atoms with Gasteiger partial charge in [-0.1, -0.05) is 12.1 Å². The number of hydrogen-bond donors (Lipinski definition) is 2. The maximum absolute atomic E-state index is 13.1. The van der Waals surface area contributed by atoms with Crippen LogP contribution in [0.4, 0.5) is 4.39 Å². The number of carboxylic acids is 1. The lowest BCUT2D eigenvalue weighted by Crippen LogP contribution is -2.49. The van der Waals surface area contributed by atoms with Gasteiger partial charge in [0, 0.05) is 11.3 Å². The number of fused-ring (bicyclic) bond motifs is 1. The Morgan fingerprint density at radius 2 is 2.04 bits per heavy atom. The Morgan fingerprint density at radius 1 is 1.33 bits per heavy atom. The molecule has 0 bridgehead atoms. The van der Waals surface area contributed by atoms with Crippen molar-refractivity contribution in [2.24, 2.45) is 0 Å². The lowest BCUT2D eigenvalue weighted by Gasteiger charge is -2.26. The Bertz CT molecular complexity index is 763. The van der Waals surface area contributed by atoms with Crippen LogP contribution in [0.2, 0.25) is 0 Å². The number of nitrogens with one attached hydrogen (secondary N) is 1. The van der Waals surface area contributed by atoms with Gasteiger partial charge in [-0.3, -0.25) is 4.79 Å². The molecule has 24 heavy (non-hydrogen) atoms. The number of benzene rings is 1. The number of amides is 1. The Labute approximate surface area is 142 Å². The van der Waals surface area contributed by atoms with E-state index in [1.807, 2.05) is 0 Å². The highest BCUT2D eigenvalue weighted by molar-refractivity contribution is 7.14. The molecule has 0 saturated heterocycles. The number of carbonyl (C=O) groups is 2. The zero-order chi connectivity index (χ0) is 17.3. The van der Waals surface area contributed by atoms with Gasteiger partial charge < -0.3 is 15.2 Å². The van der Waals surface area contributed by atoms with Crippen molar-refractivity contribution in [2.45, 2.75) is 25.5 Å². The fourth-order valence-corrected chi connectivity index (χ4v) is 3.62. The van der Waals surface area contributed by atoms with Crippen LogP contribution in [0.15, 0.2) is 30.3 Å². The maximum Gasteiger partial charge on any atom is 0.333 e. The molecular weight excluding hydrogens is 333 g/mol. The topological polar surface area (TPSA) is 75.6 Å². The van der Waals surface area contributed by atoms with E-state index in [0.29, 0.717) is 23.7 Å². The van der Waals surface area contributed by atoms with Crippen molar-refractivity contribution in [1.29, 1.82) is 0 Å². The molecule has 2 heterocycles. The second kappa shape index (κ2) is 6.33. The van der Waals surface area contributed by atoms with Crippen molar-refractivity contribution in [3.63, 3.8) is 0 Å². The molecule has 2 aromatic rings. The molecule has 1 aliphatic rings. The minimum Gasteiger partial charge on any atom is -0.479 e. The molecule has 3 rings (SSSR count). The number of hydrogen-bond acceptors (Lipinski definition) is 4. The number of halogens is 1. The zero-order valence-electron chi connectivity index (χ0n) is 13.0. The van der Waals surface area contributed by atoms with Gasteiger partial charge in [-0.15, -0.1) is 11.3 Å². The SMILES string of the molecule is C[C@@](NC(=O)c1cc2c(s1)CCOC2)(C(=O)O)c1ccc(F)cc1. The Hall–Kier alpha value is -2.25. The van der Waals surface area contributed by atoms with Gasteiger partial charge in [0.15, 0.2) is 5.54 Å². The summed E-state index contributed by atoms with van der Waals surface area (Å²) in [5.41, 5.74) is -0.379. The lowest BCUT2D eigenvalue weighted by molar-refractivity contribution is -0.144. The third kappa shape index (κ3) is 3.05. The minimum atomic E-state index is -1.65. The molecule has 0 radical (unpaired) electrons. The summed E-state index contributed by atoms with van der Waals surface area (Å²) in [5, 5.41) is 12.2. The van der Waals surface area contributed by atoms with E-state index in [1.54, 1.807) is 6.07 Å². The van der Waals surface area contributed by atoms with E-state index in [-0.39, 0.29) is 0 Å². The molecule has 1 aromatic heterocycles. The molecule has 0 unspecified atom stereocenters. The van der Waals surface area contributed by atoms with E-state index < -0.39 is 23.2 Å². The van der Waals surface area contributed by atoms with E-state index in [0.717, 1.165) is 16.9 Å². The van der Waals surface area contributed by atoms with Crippen molar-refractivity contribution in [3.8, 4) is 0 Å². The highest BCUT2D eigenvalue weighted by Crippen LogP contribution is 2.28. The van der Waals surface area contributed by atoms with Crippen molar-refractivity contribution < 1.29 is 23.8 Å². The van der Waals surface area contributed by atoms with Crippen LogP contribution >= 0.6 is 11.3 Å². The second-order valence-corrected chi connectivity index (χ2v) is 6.89. The van der Waals surface area contributed by atoms with Gasteiger partial charge in [0.2, 0.25) is 0 Å². The van der Waals surface area contributed by atoms with E-state index in [1.165, 1.54) is 42.5 Å². The number of thiophene rings is 1. The van der Waals surface area contributed by atoms with E-state index in [4.69, 9.17) is 4.74 Å². The van der Waals surface area contributed by atoms with Crippen LogP contribution in [-0.4, -0.2) is 23.6 Å². The quantitative estimate of drug-likeness (QED) is 0.890. The molecule has 0 aliphatic carbocycles. The molecule has 0 spiro atoms. The van der Waals surface area contributed by atoms with Crippen LogP contribution in [0.25, 0.3) is 0 Å². The minimum absolute atomic E-state index is 0.300. The predicted molar refractivity (Wildman–Crippen MR) is 86.5 cm³/mol. The lowest BCUT2D eigenvalue weighted by atomic mass is 9.92. The summed E-state index contributed by atoms with van der Waals surface area (Å²) in [5.74, 6) is -2.15. The highest BCUT2D eigenvalue weighted by atomic mass is 32.1. The third-order valence-corrected chi connectivity index (χ3v) is 5.30. The summed E-state index contributed by atoms with van der Waals surface area (Å²) in [4.78, 5) is 25.8. The maximum atomic E-state index is 13.1. The van der Waals surface area contributed by atoms with E-state index in [9.17, 15) is 19.1 Å². The molecule has 1 atom stereocenters. The number of ether oxygens (including phenoxy) is 1. The summed E-state index contributed by atoms with van der Waals surface area (Å²) in [7, 11) is 0. The molecule has 1 amide bonds. The van der Waals surface area contributed by atoms with Crippen LogP contribution in [-0.2, 0) is 28.1 Å². The van der Waals surface area contributed by atoms with Crippen LogP contribution in [0.5, 0.6) is 0 Å². The highest BCUT2D eigenvalue weighted by Gasteiger charge is 2.37. The summed E-state index contributed by atoms with van der Waals surface area (Å²) in [6.45, 7) is 2.47. The molecular formula is C17H16FNO4S. The van der Waals surface area contributed by atoms with Gasteiger partial charge in [0.25, 0.3) is 5.91 Å². The fraction of sp³-hybridized carbons (Fsp3) is 0.294. The Kier molecular flexibility index (Phi) is 4.38. The fourth-order valence-electron chi connectivity index (χ4n) is 2.58. The van der Waals surface area contributed by atoms with Gasteiger partial charge in [-0.05, 0) is 36.2 Å². The van der Waals surface area contributed by atoms with Crippen molar-refractivity contribution in [2.75, 3.05) is 6.61 Å². The summed E-state index contributed by atoms with van der Waals surface area (Å²) in [6, 6.07) is 6.79. The van der Waals surface area contributed by atoms with Crippen LogP contribution in [0.1, 0.15) is 32.6 Å². The average Bonchev–Trinajstić information content (AvgIpc) is 2.99. The molecule has 2 N–H and O–H groups in total. The molecule has 0 saturated carbocycles. The first-order valence-corrected chi connectivity index (χ1v) is 8.23. The van der Waals surface area contributed by atoms with Crippen molar-refractivity contribution in [1.82, 2.24) is 5.32 Å². The number of carbonyl (C=O) groups excluding carboxylic acids is 1. The Balaban J connectivity index is 1.87. The molecule has 0 fully saturated rings. The predicted octanol–water partition coefficient (Wildman–Crippen LogP) is 2.69.